The molecule has 1 saturated heterocycles. The Labute approximate surface area is 134 Å². The fourth-order valence-corrected chi connectivity index (χ4v) is 3.43. The van der Waals surface area contributed by atoms with Gasteiger partial charge >= 0.3 is 0 Å². The summed E-state index contributed by atoms with van der Waals surface area (Å²) in [6, 6.07) is 0. The van der Waals surface area contributed by atoms with Gasteiger partial charge in [0.25, 0.3) is 0 Å². The van der Waals surface area contributed by atoms with Gasteiger partial charge in [-0.25, -0.2) is 0 Å². The SMILES string of the molecule is Cc1nn(CC(C)C)c(C)c1CCC(=O)N1CCCC(C)C1. The van der Waals surface area contributed by atoms with Crippen LogP contribution in [0.3, 0.4) is 0 Å². The predicted octanol–water partition coefficient (Wildman–Crippen LogP) is 3.35. The average molecular weight is 305 g/mol. The number of rotatable bonds is 5. The summed E-state index contributed by atoms with van der Waals surface area (Å²) in [5.74, 6) is 1.54. The van der Waals surface area contributed by atoms with Crippen molar-refractivity contribution in [2.75, 3.05) is 13.1 Å². The number of aromatic nitrogens is 2. The van der Waals surface area contributed by atoms with Gasteiger partial charge in [0, 0.05) is 31.7 Å². The summed E-state index contributed by atoms with van der Waals surface area (Å²) in [6.07, 6.45) is 3.84. The van der Waals surface area contributed by atoms with E-state index in [1.165, 1.54) is 17.7 Å². The maximum absolute atomic E-state index is 12.4. The highest BCUT2D eigenvalue weighted by Gasteiger charge is 2.21. The van der Waals surface area contributed by atoms with Crippen molar-refractivity contribution in [2.45, 2.75) is 66.8 Å². The summed E-state index contributed by atoms with van der Waals surface area (Å²) in [5, 5.41) is 4.64. The second-order valence-electron chi connectivity index (χ2n) is 7.31. The molecule has 1 unspecified atom stereocenters. The van der Waals surface area contributed by atoms with E-state index in [0.29, 0.717) is 24.2 Å². The van der Waals surface area contributed by atoms with Crippen molar-refractivity contribution in [1.82, 2.24) is 14.7 Å². The number of nitrogens with zero attached hydrogens (tertiary/aromatic N) is 3. The molecule has 1 aromatic heterocycles. The number of amides is 1. The highest BCUT2D eigenvalue weighted by molar-refractivity contribution is 5.76. The zero-order valence-corrected chi connectivity index (χ0v) is 14.9. The Morgan fingerprint density at radius 2 is 2.09 bits per heavy atom. The van der Waals surface area contributed by atoms with Crippen LogP contribution in [0.15, 0.2) is 0 Å². The summed E-state index contributed by atoms with van der Waals surface area (Å²) in [7, 11) is 0. The van der Waals surface area contributed by atoms with Gasteiger partial charge in [0.05, 0.1) is 5.69 Å². The summed E-state index contributed by atoms with van der Waals surface area (Å²) >= 11 is 0. The van der Waals surface area contributed by atoms with E-state index >= 15 is 0 Å². The summed E-state index contributed by atoms with van der Waals surface area (Å²) in [4.78, 5) is 14.5. The Bertz CT molecular complexity index is 519. The first kappa shape index (κ1) is 17.0. The lowest BCUT2D eigenvalue weighted by Crippen LogP contribution is -2.39. The Kier molecular flexibility index (Phi) is 5.65. The van der Waals surface area contributed by atoms with E-state index in [0.717, 1.165) is 38.2 Å². The molecule has 1 aromatic rings. The molecule has 4 heteroatoms. The molecule has 0 bridgehead atoms. The minimum atomic E-state index is 0.307. The normalized spacial score (nSPS) is 19.0. The van der Waals surface area contributed by atoms with Crippen LogP contribution in [0.25, 0.3) is 0 Å². The fourth-order valence-electron chi connectivity index (χ4n) is 3.43. The molecule has 0 spiro atoms. The molecule has 2 rings (SSSR count). The van der Waals surface area contributed by atoms with Gasteiger partial charge in [-0.15, -0.1) is 0 Å². The van der Waals surface area contributed by atoms with Crippen LogP contribution in [0.1, 0.15) is 57.0 Å². The van der Waals surface area contributed by atoms with Gasteiger partial charge in [-0.3, -0.25) is 9.48 Å². The Balaban J connectivity index is 1.96. The minimum Gasteiger partial charge on any atom is -0.342 e. The molecule has 4 nitrogen and oxygen atoms in total. The standard InChI is InChI=1S/C18H31N3O/c1-13(2)11-21-16(5)17(15(4)19-21)8-9-18(22)20-10-6-7-14(3)12-20/h13-14H,6-12H2,1-5H3. The van der Waals surface area contributed by atoms with Crippen molar-refractivity contribution in [3.05, 3.63) is 17.0 Å². The lowest BCUT2D eigenvalue weighted by molar-refractivity contribution is -0.132. The van der Waals surface area contributed by atoms with Crippen LogP contribution in [-0.2, 0) is 17.8 Å². The molecule has 22 heavy (non-hydrogen) atoms. The van der Waals surface area contributed by atoms with Gasteiger partial charge in [-0.2, -0.15) is 5.10 Å². The molecule has 2 heterocycles. The maximum atomic E-state index is 12.4. The lowest BCUT2D eigenvalue weighted by Gasteiger charge is -2.31. The number of hydrogen-bond donors (Lipinski definition) is 0. The zero-order valence-electron chi connectivity index (χ0n) is 14.9. The highest BCUT2D eigenvalue weighted by atomic mass is 16.2. The van der Waals surface area contributed by atoms with Crippen LogP contribution < -0.4 is 0 Å². The van der Waals surface area contributed by atoms with Crippen LogP contribution in [-0.4, -0.2) is 33.7 Å². The molecule has 0 N–H and O–H groups in total. The quantitative estimate of drug-likeness (QED) is 0.836. The smallest absolute Gasteiger partial charge is 0.222 e. The van der Waals surface area contributed by atoms with Gasteiger partial charge in [-0.1, -0.05) is 20.8 Å². The molecule has 124 valence electrons. The monoisotopic (exact) mass is 305 g/mol. The van der Waals surface area contributed by atoms with Crippen LogP contribution in [0.4, 0.5) is 0 Å². The first-order valence-corrected chi connectivity index (χ1v) is 8.69. The van der Waals surface area contributed by atoms with Crippen molar-refractivity contribution >= 4 is 5.91 Å². The van der Waals surface area contributed by atoms with Gasteiger partial charge in [0.1, 0.15) is 0 Å². The predicted molar refractivity (Wildman–Crippen MR) is 89.8 cm³/mol. The van der Waals surface area contributed by atoms with Crippen molar-refractivity contribution < 1.29 is 4.79 Å². The number of hydrogen-bond acceptors (Lipinski definition) is 2. The van der Waals surface area contributed by atoms with E-state index in [2.05, 4.69) is 49.3 Å². The van der Waals surface area contributed by atoms with Crippen molar-refractivity contribution in [3.63, 3.8) is 0 Å². The maximum Gasteiger partial charge on any atom is 0.222 e. The Morgan fingerprint density at radius 1 is 1.36 bits per heavy atom. The van der Waals surface area contributed by atoms with E-state index in [9.17, 15) is 4.79 Å². The zero-order chi connectivity index (χ0) is 16.3. The van der Waals surface area contributed by atoms with Crippen LogP contribution in [0.2, 0.25) is 0 Å². The third-order valence-electron chi connectivity index (χ3n) is 4.67. The number of carbonyl (C=O) groups excluding carboxylic acids is 1. The second kappa shape index (κ2) is 7.30. The van der Waals surface area contributed by atoms with Crippen LogP contribution in [0.5, 0.6) is 0 Å². The van der Waals surface area contributed by atoms with Gasteiger partial charge in [0.2, 0.25) is 5.91 Å². The summed E-state index contributed by atoms with van der Waals surface area (Å²) in [5.41, 5.74) is 3.57. The molecule has 0 saturated carbocycles. The third kappa shape index (κ3) is 4.11. The average Bonchev–Trinajstić information content (AvgIpc) is 2.70. The molecular formula is C18H31N3O. The molecule has 1 aliphatic heterocycles. The molecule has 0 radical (unpaired) electrons. The highest BCUT2D eigenvalue weighted by Crippen LogP contribution is 2.19. The molecule has 1 amide bonds. The molecular weight excluding hydrogens is 274 g/mol. The molecule has 0 aromatic carbocycles. The van der Waals surface area contributed by atoms with Crippen LogP contribution >= 0.6 is 0 Å². The van der Waals surface area contributed by atoms with Gasteiger partial charge in [0.15, 0.2) is 0 Å². The number of aryl methyl sites for hydroxylation is 1. The topological polar surface area (TPSA) is 38.1 Å². The third-order valence-corrected chi connectivity index (χ3v) is 4.67. The van der Waals surface area contributed by atoms with Crippen molar-refractivity contribution in [2.24, 2.45) is 11.8 Å². The second-order valence-corrected chi connectivity index (χ2v) is 7.31. The van der Waals surface area contributed by atoms with Crippen molar-refractivity contribution in [1.29, 1.82) is 0 Å². The van der Waals surface area contributed by atoms with Gasteiger partial charge < -0.3 is 4.90 Å². The summed E-state index contributed by atoms with van der Waals surface area (Å²) < 4.78 is 2.10. The van der Waals surface area contributed by atoms with Gasteiger partial charge in [-0.05, 0) is 50.5 Å². The van der Waals surface area contributed by atoms with E-state index in [1.807, 2.05) is 0 Å². The number of likely N-dealkylation sites (tertiary alicyclic amines) is 1. The first-order valence-electron chi connectivity index (χ1n) is 8.69. The summed E-state index contributed by atoms with van der Waals surface area (Å²) in [6.45, 7) is 13.7. The molecule has 1 atom stereocenters. The molecule has 1 fully saturated rings. The van der Waals surface area contributed by atoms with E-state index in [1.54, 1.807) is 0 Å². The Hall–Kier alpha value is -1.32. The largest absolute Gasteiger partial charge is 0.342 e. The minimum absolute atomic E-state index is 0.307. The molecule has 1 aliphatic rings. The fraction of sp³-hybridized carbons (Fsp3) is 0.778. The number of carbonyl (C=O) groups is 1. The van der Waals surface area contributed by atoms with Crippen LogP contribution in [0, 0.1) is 25.7 Å². The van der Waals surface area contributed by atoms with E-state index in [4.69, 9.17) is 0 Å². The van der Waals surface area contributed by atoms with Crippen molar-refractivity contribution in [3.8, 4) is 0 Å². The van der Waals surface area contributed by atoms with E-state index < -0.39 is 0 Å². The lowest BCUT2D eigenvalue weighted by atomic mass is 9.99. The molecule has 0 aliphatic carbocycles. The van der Waals surface area contributed by atoms with E-state index in [-0.39, 0.29) is 0 Å². The first-order chi connectivity index (χ1) is 10.4. The Morgan fingerprint density at radius 3 is 2.73 bits per heavy atom. The number of piperidine rings is 1.